The summed E-state index contributed by atoms with van der Waals surface area (Å²) in [5.41, 5.74) is 1.01. The third-order valence-electron chi connectivity index (χ3n) is 4.67. The Labute approximate surface area is 161 Å². The Kier molecular flexibility index (Phi) is 6.26. The summed E-state index contributed by atoms with van der Waals surface area (Å²) in [6.45, 7) is 2.25. The quantitative estimate of drug-likeness (QED) is 0.670. The Morgan fingerprint density at radius 2 is 2.00 bits per heavy atom. The topological polar surface area (TPSA) is 60.2 Å². The van der Waals surface area contributed by atoms with E-state index < -0.39 is 19.3 Å². The molecule has 0 amide bonds. The van der Waals surface area contributed by atoms with Crippen LogP contribution < -0.4 is 4.90 Å². The van der Waals surface area contributed by atoms with Gasteiger partial charge in [-0.25, -0.2) is 14.8 Å². The lowest BCUT2D eigenvalue weighted by Gasteiger charge is -2.17. The zero-order valence-electron chi connectivity index (χ0n) is 14.9. The van der Waals surface area contributed by atoms with E-state index in [1.807, 2.05) is 17.0 Å². The average molecular weight is 399 g/mol. The summed E-state index contributed by atoms with van der Waals surface area (Å²) in [5.74, 6) is -0.410. The van der Waals surface area contributed by atoms with Gasteiger partial charge in [-0.3, -0.25) is 8.78 Å². The van der Waals surface area contributed by atoms with Crippen molar-refractivity contribution in [3.8, 4) is 0 Å². The molecule has 2 unspecified atom stereocenters. The molecule has 6 nitrogen and oxygen atoms in total. The van der Waals surface area contributed by atoms with Gasteiger partial charge in [0.1, 0.15) is 5.82 Å². The number of ether oxygens (including phenoxy) is 1. The molecule has 0 aliphatic carbocycles. The molecule has 1 saturated heterocycles. The van der Waals surface area contributed by atoms with Crippen molar-refractivity contribution in [2.45, 2.75) is 13.5 Å². The molecule has 1 fully saturated rings. The van der Waals surface area contributed by atoms with Gasteiger partial charge in [-0.1, -0.05) is 6.07 Å². The van der Waals surface area contributed by atoms with Gasteiger partial charge in [0.2, 0.25) is 5.28 Å². The number of esters is 1. The first kappa shape index (κ1) is 19.5. The molecule has 1 aliphatic heterocycles. The molecule has 3 heterocycles. The van der Waals surface area contributed by atoms with E-state index >= 15 is 0 Å². The van der Waals surface area contributed by atoms with E-state index in [-0.39, 0.29) is 29.4 Å². The molecule has 9 heteroatoms. The molecule has 27 heavy (non-hydrogen) atoms. The normalized spacial score (nSPS) is 19.5. The monoisotopic (exact) mass is 398 g/mol. The lowest BCUT2D eigenvalue weighted by Crippen LogP contribution is -2.21. The Hall–Kier alpha value is -2.22. The zero-order chi connectivity index (χ0) is 19.4. The van der Waals surface area contributed by atoms with E-state index in [9.17, 15) is 13.6 Å². The second-order valence-electron chi connectivity index (χ2n) is 6.50. The summed E-state index contributed by atoms with van der Waals surface area (Å²) in [4.78, 5) is 22.0. The highest BCUT2D eigenvalue weighted by Crippen LogP contribution is 2.28. The number of carbonyl (C=O) groups is 1. The van der Waals surface area contributed by atoms with Crippen molar-refractivity contribution in [2.24, 2.45) is 11.8 Å². The minimum Gasteiger partial charge on any atom is -0.461 e. The van der Waals surface area contributed by atoms with Gasteiger partial charge in [0.15, 0.2) is 5.69 Å². The number of carbonyl (C=O) groups excluding carboxylic acids is 1. The zero-order valence-corrected chi connectivity index (χ0v) is 15.7. The molecular formula is C18H21ClF2N4O2. The number of imidazole rings is 1. The van der Waals surface area contributed by atoms with Gasteiger partial charge < -0.3 is 14.2 Å². The number of alkyl halides is 2. The Morgan fingerprint density at radius 3 is 2.56 bits per heavy atom. The highest BCUT2D eigenvalue weighted by molar-refractivity contribution is 6.28. The Bertz CT molecular complexity index is 772. The van der Waals surface area contributed by atoms with Crippen molar-refractivity contribution in [3.63, 3.8) is 0 Å². The lowest BCUT2D eigenvalue weighted by atomic mass is 9.99. The van der Waals surface area contributed by atoms with Crippen LogP contribution >= 0.6 is 11.6 Å². The molecular weight excluding hydrogens is 378 g/mol. The molecule has 2 aromatic heterocycles. The van der Waals surface area contributed by atoms with Crippen molar-refractivity contribution in [1.82, 2.24) is 14.5 Å². The number of halogens is 3. The second kappa shape index (κ2) is 8.65. The van der Waals surface area contributed by atoms with Gasteiger partial charge in [0, 0.05) is 37.3 Å². The van der Waals surface area contributed by atoms with Gasteiger partial charge in [0.05, 0.1) is 26.5 Å². The summed E-state index contributed by atoms with van der Waals surface area (Å²) in [7, 11) is 0. The van der Waals surface area contributed by atoms with E-state index in [4.69, 9.17) is 16.3 Å². The van der Waals surface area contributed by atoms with Gasteiger partial charge in [-0.2, -0.15) is 0 Å². The number of nitrogens with zero attached hydrogens (tertiary/aromatic N) is 4. The van der Waals surface area contributed by atoms with Crippen LogP contribution in [0.3, 0.4) is 0 Å². The maximum Gasteiger partial charge on any atom is 0.358 e. The molecule has 0 saturated carbocycles. The predicted molar refractivity (Wildman–Crippen MR) is 97.7 cm³/mol. The highest BCUT2D eigenvalue weighted by Gasteiger charge is 2.33. The fourth-order valence-electron chi connectivity index (χ4n) is 3.18. The molecule has 0 N–H and O–H groups in total. The van der Waals surface area contributed by atoms with Gasteiger partial charge in [-0.15, -0.1) is 0 Å². The van der Waals surface area contributed by atoms with E-state index in [1.165, 1.54) is 6.20 Å². The van der Waals surface area contributed by atoms with Crippen LogP contribution in [-0.4, -0.2) is 53.5 Å². The van der Waals surface area contributed by atoms with Gasteiger partial charge in [0.25, 0.3) is 0 Å². The number of pyridine rings is 1. The van der Waals surface area contributed by atoms with Crippen LogP contribution in [0.25, 0.3) is 0 Å². The van der Waals surface area contributed by atoms with Crippen LogP contribution in [0.15, 0.2) is 24.5 Å². The van der Waals surface area contributed by atoms with Crippen molar-refractivity contribution in [3.05, 3.63) is 41.1 Å². The number of rotatable bonds is 7. The van der Waals surface area contributed by atoms with Crippen LogP contribution in [0.2, 0.25) is 5.28 Å². The molecule has 1 aliphatic rings. The fraction of sp³-hybridized carbons (Fsp3) is 0.500. The van der Waals surface area contributed by atoms with Crippen molar-refractivity contribution in [2.75, 3.05) is 37.9 Å². The third kappa shape index (κ3) is 4.37. The summed E-state index contributed by atoms with van der Waals surface area (Å²) in [6, 6.07) is 3.69. The molecule has 2 atom stereocenters. The fourth-order valence-corrected chi connectivity index (χ4v) is 3.38. The smallest absolute Gasteiger partial charge is 0.358 e. The maximum atomic E-state index is 13.0. The molecule has 0 bridgehead atoms. The number of hydrogen-bond donors (Lipinski definition) is 0. The molecule has 2 aromatic rings. The number of aromatic nitrogens is 3. The number of anilines is 1. The van der Waals surface area contributed by atoms with E-state index in [2.05, 4.69) is 9.97 Å². The van der Waals surface area contributed by atoms with Crippen LogP contribution in [0.4, 0.5) is 14.6 Å². The Balaban J connectivity index is 1.67. The van der Waals surface area contributed by atoms with E-state index in [0.29, 0.717) is 25.5 Å². The summed E-state index contributed by atoms with van der Waals surface area (Å²) >= 11 is 6.08. The van der Waals surface area contributed by atoms with E-state index in [0.717, 1.165) is 5.56 Å². The lowest BCUT2D eigenvalue weighted by molar-refractivity contribution is 0.0520. The molecule has 146 valence electrons. The average Bonchev–Trinajstić information content (AvgIpc) is 3.26. The molecule has 0 aromatic carbocycles. The first-order valence-electron chi connectivity index (χ1n) is 8.77. The number of hydrogen-bond acceptors (Lipinski definition) is 5. The molecule has 0 radical (unpaired) electrons. The first-order chi connectivity index (χ1) is 13.0. The summed E-state index contributed by atoms with van der Waals surface area (Å²) in [6.07, 6.45) is 3.22. The highest BCUT2D eigenvalue weighted by atomic mass is 35.5. The first-order valence-corrected chi connectivity index (χ1v) is 9.15. The SMILES string of the molecule is CCOC(=O)c1cn(Cc2ccc(N3CC(CF)C(CF)C3)nc2)c(Cl)n1. The van der Waals surface area contributed by atoms with Crippen molar-refractivity contribution >= 4 is 23.4 Å². The van der Waals surface area contributed by atoms with E-state index in [1.54, 1.807) is 17.7 Å². The van der Waals surface area contributed by atoms with Crippen LogP contribution in [0.5, 0.6) is 0 Å². The van der Waals surface area contributed by atoms with Gasteiger partial charge >= 0.3 is 5.97 Å². The van der Waals surface area contributed by atoms with Crippen LogP contribution in [0.1, 0.15) is 23.0 Å². The van der Waals surface area contributed by atoms with Crippen molar-refractivity contribution < 1.29 is 18.3 Å². The summed E-state index contributed by atoms with van der Waals surface area (Å²) in [5, 5.41) is 0.179. The minimum atomic E-state index is -0.523. The van der Waals surface area contributed by atoms with Crippen molar-refractivity contribution in [1.29, 1.82) is 0 Å². The summed E-state index contributed by atoms with van der Waals surface area (Å²) < 4.78 is 32.5. The standard InChI is InChI=1S/C18H21ClF2N4O2/c1-2-27-17(26)15-11-25(18(19)23-15)8-12-3-4-16(22-7-12)24-9-13(5-20)14(6-21)10-24/h3-4,7,11,13-14H,2,5-6,8-10H2,1H3. The third-order valence-corrected chi connectivity index (χ3v) is 4.97. The minimum absolute atomic E-state index is 0.151. The maximum absolute atomic E-state index is 13.0. The van der Waals surface area contributed by atoms with Crippen LogP contribution in [0, 0.1) is 11.8 Å². The molecule has 0 spiro atoms. The van der Waals surface area contributed by atoms with Gasteiger partial charge in [-0.05, 0) is 30.2 Å². The van der Waals surface area contributed by atoms with Crippen LogP contribution in [-0.2, 0) is 11.3 Å². The Morgan fingerprint density at radius 1 is 1.30 bits per heavy atom. The molecule has 3 rings (SSSR count). The largest absolute Gasteiger partial charge is 0.461 e. The second-order valence-corrected chi connectivity index (χ2v) is 6.84. The predicted octanol–water partition coefficient (Wildman–Crippen LogP) is 3.15.